The van der Waals surface area contributed by atoms with Gasteiger partial charge < -0.3 is 5.32 Å². The van der Waals surface area contributed by atoms with Crippen LogP contribution in [-0.2, 0) is 23.2 Å². The molecular weight excluding hydrogens is 322 g/mol. The Morgan fingerprint density at radius 2 is 2.05 bits per heavy atom. The summed E-state index contributed by atoms with van der Waals surface area (Å²) in [4.78, 5) is 0. The Balaban J connectivity index is 0.00000176. The molecule has 0 spiro atoms. The Morgan fingerprint density at radius 3 is 2.77 bits per heavy atom. The largest absolute Gasteiger partial charge is 0.314 e. The van der Waals surface area contributed by atoms with Crippen LogP contribution >= 0.6 is 12.4 Å². The molecule has 0 radical (unpaired) electrons. The van der Waals surface area contributed by atoms with E-state index in [0.29, 0.717) is 25.7 Å². The summed E-state index contributed by atoms with van der Waals surface area (Å²) in [6, 6.07) is 8.54. The summed E-state index contributed by atoms with van der Waals surface area (Å²) >= 11 is 0. The molecule has 0 saturated carbocycles. The molecule has 1 aromatic carbocycles. The first kappa shape index (κ1) is 17.7. The van der Waals surface area contributed by atoms with E-state index in [-0.39, 0.29) is 12.4 Å². The molecule has 0 unspecified atom stereocenters. The summed E-state index contributed by atoms with van der Waals surface area (Å²) in [6.07, 6.45) is 4.00. The number of halogens is 1. The molecule has 0 bridgehead atoms. The van der Waals surface area contributed by atoms with Gasteiger partial charge in [-0.05, 0) is 43.4 Å². The normalized spacial score (nSPS) is 22.1. The van der Waals surface area contributed by atoms with Crippen LogP contribution in [0.25, 0.3) is 0 Å². The minimum absolute atomic E-state index is 0. The van der Waals surface area contributed by atoms with Crippen LogP contribution in [0, 0.1) is 0 Å². The van der Waals surface area contributed by atoms with Gasteiger partial charge in [-0.3, -0.25) is 0 Å². The summed E-state index contributed by atoms with van der Waals surface area (Å²) in [5, 5.41) is 3.39. The zero-order valence-electron chi connectivity index (χ0n) is 12.6. The number of nitrogens with one attached hydrogen (secondary N) is 2. The zero-order valence-corrected chi connectivity index (χ0v) is 14.3. The molecule has 5 nitrogen and oxygen atoms in total. The third-order valence-corrected chi connectivity index (χ3v) is 5.94. The molecule has 22 heavy (non-hydrogen) atoms. The third-order valence-electron chi connectivity index (χ3n) is 4.38. The summed E-state index contributed by atoms with van der Waals surface area (Å²) < 4.78 is 29.0. The van der Waals surface area contributed by atoms with Crippen molar-refractivity contribution < 1.29 is 8.42 Å². The van der Waals surface area contributed by atoms with Crippen molar-refractivity contribution in [2.45, 2.75) is 38.3 Å². The maximum Gasteiger partial charge on any atom is 0.279 e. The van der Waals surface area contributed by atoms with Crippen molar-refractivity contribution in [1.82, 2.24) is 14.3 Å². The van der Waals surface area contributed by atoms with E-state index < -0.39 is 10.2 Å². The fraction of sp³-hybridized carbons (Fsp3) is 0.600. The van der Waals surface area contributed by atoms with Gasteiger partial charge >= 0.3 is 0 Å². The van der Waals surface area contributed by atoms with Crippen molar-refractivity contribution in [3.05, 3.63) is 35.4 Å². The molecule has 3 rings (SSSR count). The molecule has 1 saturated heterocycles. The fourth-order valence-electron chi connectivity index (χ4n) is 3.13. The molecule has 2 aliphatic heterocycles. The number of benzene rings is 1. The van der Waals surface area contributed by atoms with Crippen molar-refractivity contribution in [3.8, 4) is 0 Å². The minimum atomic E-state index is -3.36. The number of hydrogen-bond donors (Lipinski definition) is 2. The molecule has 0 aliphatic carbocycles. The lowest BCUT2D eigenvalue weighted by molar-refractivity contribution is 0.382. The molecule has 7 heteroatoms. The number of rotatable bonds is 5. The zero-order chi connectivity index (χ0) is 14.7. The Morgan fingerprint density at radius 1 is 1.27 bits per heavy atom. The first-order chi connectivity index (χ1) is 10.1. The molecule has 0 amide bonds. The van der Waals surface area contributed by atoms with Gasteiger partial charge in [0.2, 0.25) is 0 Å². The fourth-order valence-corrected chi connectivity index (χ4v) is 4.33. The molecule has 1 fully saturated rings. The summed E-state index contributed by atoms with van der Waals surface area (Å²) in [6.45, 7) is 2.61. The minimum Gasteiger partial charge on any atom is -0.314 e. The predicted molar refractivity (Wildman–Crippen MR) is 90.4 cm³/mol. The van der Waals surface area contributed by atoms with Crippen LogP contribution in [0.2, 0.25) is 0 Å². The van der Waals surface area contributed by atoms with E-state index >= 15 is 0 Å². The van der Waals surface area contributed by atoms with Gasteiger partial charge in [-0.15, -0.1) is 12.4 Å². The second kappa shape index (κ2) is 7.75. The Labute approximate surface area is 139 Å². The highest BCUT2D eigenvalue weighted by Gasteiger charge is 2.26. The van der Waals surface area contributed by atoms with Crippen molar-refractivity contribution >= 4 is 22.6 Å². The number of nitrogens with zero attached hydrogens (tertiary/aromatic N) is 1. The smallest absolute Gasteiger partial charge is 0.279 e. The summed E-state index contributed by atoms with van der Waals surface area (Å²) in [7, 11) is -3.36. The van der Waals surface area contributed by atoms with Crippen LogP contribution in [0.1, 0.15) is 30.4 Å². The molecule has 1 atom stereocenters. The standard InChI is InChI=1S/C15H23N3O2S.ClH/c19-21(20,17-10-7-15-6-3-9-16-15)18-11-8-13-4-1-2-5-14(13)12-18;/h1-2,4-5,15-17H,3,6-12H2;1H/t15-;/m1./s1. The quantitative estimate of drug-likeness (QED) is 0.849. The first-order valence-electron chi connectivity index (χ1n) is 7.70. The maximum absolute atomic E-state index is 12.4. The first-order valence-corrected chi connectivity index (χ1v) is 9.14. The maximum atomic E-state index is 12.4. The Bertz CT molecular complexity index is 588. The molecule has 2 aliphatic rings. The van der Waals surface area contributed by atoms with E-state index in [1.807, 2.05) is 18.2 Å². The van der Waals surface area contributed by atoms with Crippen LogP contribution < -0.4 is 10.0 Å². The van der Waals surface area contributed by atoms with Crippen LogP contribution in [0.3, 0.4) is 0 Å². The molecule has 124 valence electrons. The monoisotopic (exact) mass is 345 g/mol. The van der Waals surface area contributed by atoms with Gasteiger partial charge in [0.1, 0.15) is 0 Å². The third kappa shape index (κ3) is 4.20. The average molecular weight is 346 g/mol. The molecule has 2 heterocycles. The van der Waals surface area contributed by atoms with Crippen molar-refractivity contribution in [2.24, 2.45) is 0 Å². The van der Waals surface area contributed by atoms with E-state index in [2.05, 4.69) is 16.1 Å². The Hall–Kier alpha value is -0.660. The highest BCUT2D eigenvalue weighted by Crippen LogP contribution is 2.20. The van der Waals surface area contributed by atoms with Crippen molar-refractivity contribution in [3.63, 3.8) is 0 Å². The number of fused-ring (bicyclic) bond motifs is 1. The van der Waals surface area contributed by atoms with Crippen molar-refractivity contribution in [1.29, 1.82) is 0 Å². The van der Waals surface area contributed by atoms with E-state index in [0.717, 1.165) is 31.4 Å². The summed E-state index contributed by atoms with van der Waals surface area (Å²) in [5.74, 6) is 0. The van der Waals surface area contributed by atoms with Gasteiger partial charge in [0, 0.05) is 25.7 Å². The van der Waals surface area contributed by atoms with Crippen LogP contribution in [0.15, 0.2) is 24.3 Å². The molecule has 0 aromatic heterocycles. The molecule has 2 N–H and O–H groups in total. The van der Waals surface area contributed by atoms with Gasteiger partial charge in [0.05, 0.1) is 0 Å². The SMILES string of the molecule is Cl.O=S(=O)(NCC[C@H]1CCCN1)N1CCc2ccccc2C1. The van der Waals surface area contributed by atoms with E-state index in [1.54, 1.807) is 4.31 Å². The van der Waals surface area contributed by atoms with Gasteiger partial charge in [0.25, 0.3) is 10.2 Å². The van der Waals surface area contributed by atoms with Gasteiger partial charge in [-0.25, -0.2) is 4.72 Å². The second-order valence-electron chi connectivity index (χ2n) is 5.83. The topological polar surface area (TPSA) is 61.4 Å². The highest BCUT2D eigenvalue weighted by molar-refractivity contribution is 7.87. The Kier molecular flexibility index (Phi) is 6.23. The van der Waals surface area contributed by atoms with E-state index in [4.69, 9.17) is 0 Å². The molecule has 1 aromatic rings. The van der Waals surface area contributed by atoms with Gasteiger partial charge in [-0.1, -0.05) is 24.3 Å². The van der Waals surface area contributed by atoms with Crippen LogP contribution in [-0.4, -0.2) is 38.4 Å². The molecular formula is C15H24ClN3O2S. The van der Waals surface area contributed by atoms with E-state index in [1.165, 1.54) is 12.0 Å². The highest BCUT2D eigenvalue weighted by atomic mass is 35.5. The summed E-state index contributed by atoms with van der Waals surface area (Å²) in [5.41, 5.74) is 2.38. The van der Waals surface area contributed by atoms with Gasteiger partial charge in [-0.2, -0.15) is 12.7 Å². The van der Waals surface area contributed by atoms with Gasteiger partial charge in [0.15, 0.2) is 0 Å². The van der Waals surface area contributed by atoms with E-state index in [9.17, 15) is 8.42 Å². The second-order valence-corrected chi connectivity index (χ2v) is 7.59. The average Bonchev–Trinajstić information content (AvgIpc) is 3.00. The number of hydrogen-bond acceptors (Lipinski definition) is 3. The van der Waals surface area contributed by atoms with Crippen LogP contribution in [0.5, 0.6) is 0 Å². The van der Waals surface area contributed by atoms with Crippen molar-refractivity contribution in [2.75, 3.05) is 19.6 Å². The lowest BCUT2D eigenvalue weighted by atomic mass is 10.0. The lowest BCUT2D eigenvalue weighted by Gasteiger charge is -2.28. The predicted octanol–water partition coefficient (Wildman–Crippen LogP) is 1.44. The van der Waals surface area contributed by atoms with Crippen LogP contribution in [0.4, 0.5) is 0 Å². The lowest BCUT2D eigenvalue weighted by Crippen LogP contribution is -2.44.